The largest absolute Gasteiger partial charge is 0.478 e. The van der Waals surface area contributed by atoms with E-state index in [9.17, 15) is 9.59 Å². The summed E-state index contributed by atoms with van der Waals surface area (Å²) in [5.41, 5.74) is 0. The van der Waals surface area contributed by atoms with Crippen molar-refractivity contribution in [2.24, 2.45) is 0 Å². The monoisotopic (exact) mass is 208 g/mol. The van der Waals surface area contributed by atoms with Crippen molar-refractivity contribution in [3.8, 4) is 0 Å². The van der Waals surface area contributed by atoms with Gasteiger partial charge >= 0.3 is 5.97 Å². The number of ether oxygens (including phenoxy) is 1. The first-order valence-corrected chi connectivity index (χ1v) is 3.99. The Morgan fingerprint density at radius 3 is 2.60 bits per heavy atom. The molecule has 1 aromatic rings. The molecule has 0 atom stereocenters. The van der Waals surface area contributed by atoms with Gasteiger partial charge in [0.15, 0.2) is 0 Å². The number of carbonyl (C=O) groups excluding carboxylic acids is 1. The molecular formula is C10H8O5. The Morgan fingerprint density at radius 1 is 1.33 bits per heavy atom. The molecule has 15 heavy (non-hydrogen) atoms. The lowest BCUT2D eigenvalue weighted by molar-refractivity contribution is -0.131. The molecule has 0 spiro atoms. The number of carbonyl (C=O) groups is 2. The molecule has 1 N–H and O–H groups in total. The average Bonchev–Trinajstić information content (AvgIpc) is 2.63. The van der Waals surface area contributed by atoms with Crippen molar-refractivity contribution in [3.05, 3.63) is 36.0 Å². The first kappa shape index (κ1) is 10.8. The van der Waals surface area contributed by atoms with Gasteiger partial charge in [-0.2, -0.15) is 0 Å². The van der Waals surface area contributed by atoms with E-state index >= 15 is 0 Å². The molecule has 1 aromatic heterocycles. The molecule has 78 valence electrons. The van der Waals surface area contributed by atoms with E-state index in [1.165, 1.54) is 12.2 Å². The highest BCUT2D eigenvalue weighted by atomic mass is 16.5. The number of aliphatic carboxylic acids is 1. The summed E-state index contributed by atoms with van der Waals surface area (Å²) >= 11 is 0. The van der Waals surface area contributed by atoms with Gasteiger partial charge in [0.1, 0.15) is 11.5 Å². The van der Waals surface area contributed by atoms with Gasteiger partial charge in [-0.25, -0.2) is 4.79 Å². The Labute approximate surface area is 85.3 Å². The average molecular weight is 208 g/mol. The number of carboxylic acid groups (broad SMARTS) is 1. The minimum Gasteiger partial charge on any atom is -0.478 e. The second-order valence-electron chi connectivity index (χ2n) is 2.45. The molecule has 5 heteroatoms. The van der Waals surface area contributed by atoms with E-state index in [4.69, 9.17) is 9.52 Å². The van der Waals surface area contributed by atoms with Crippen LogP contribution in [0.25, 0.3) is 12.2 Å². The molecule has 0 radical (unpaired) electrons. The van der Waals surface area contributed by atoms with Crippen LogP contribution in [0.2, 0.25) is 0 Å². The van der Waals surface area contributed by atoms with E-state index in [2.05, 4.69) is 4.74 Å². The minimum atomic E-state index is -1.05. The van der Waals surface area contributed by atoms with Gasteiger partial charge in [0.2, 0.25) is 0 Å². The standard InChI is InChI=1S/C10H8O5/c11-7-14-6-5-9-2-1-8(15-9)3-4-10(12)13/h1-7H,(H,12,13)/b4-3+,6-5+. The molecule has 0 aliphatic carbocycles. The zero-order valence-corrected chi connectivity index (χ0v) is 7.62. The van der Waals surface area contributed by atoms with Gasteiger partial charge in [0.05, 0.1) is 6.26 Å². The van der Waals surface area contributed by atoms with Gasteiger partial charge < -0.3 is 14.3 Å². The Morgan fingerprint density at radius 2 is 2.00 bits per heavy atom. The van der Waals surface area contributed by atoms with E-state index < -0.39 is 5.97 Å². The van der Waals surface area contributed by atoms with Crippen LogP contribution in [0, 0.1) is 0 Å². The van der Waals surface area contributed by atoms with Gasteiger partial charge in [-0.1, -0.05) is 0 Å². The number of hydrogen-bond donors (Lipinski definition) is 1. The second-order valence-corrected chi connectivity index (χ2v) is 2.45. The predicted molar refractivity (Wildman–Crippen MR) is 51.6 cm³/mol. The Hall–Kier alpha value is -2.30. The first-order chi connectivity index (χ1) is 7.22. The van der Waals surface area contributed by atoms with Crippen molar-refractivity contribution >= 4 is 24.6 Å². The lowest BCUT2D eigenvalue weighted by Gasteiger charge is -1.85. The number of carboxylic acids is 1. The zero-order chi connectivity index (χ0) is 11.1. The third-order valence-electron chi connectivity index (χ3n) is 1.40. The summed E-state index contributed by atoms with van der Waals surface area (Å²) in [7, 11) is 0. The van der Waals surface area contributed by atoms with Crippen molar-refractivity contribution in [1.29, 1.82) is 0 Å². The molecule has 1 rings (SSSR count). The van der Waals surface area contributed by atoms with Crippen molar-refractivity contribution in [1.82, 2.24) is 0 Å². The van der Waals surface area contributed by atoms with Gasteiger partial charge in [-0.3, -0.25) is 4.79 Å². The molecule has 0 bridgehead atoms. The topological polar surface area (TPSA) is 76.7 Å². The van der Waals surface area contributed by atoms with Gasteiger partial charge in [0, 0.05) is 12.2 Å². The summed E-state index contributed by atoms with van der Waals surface area (Å²) < 4.78 is 9.46. The maximum Gasteiger partial charge on any atom is 0.328 e. The third kappa shape index (κ3) is 3.95. The third-order valence-corrected chi connectivity index (χ3v) is 1.40. The minimum absolute atomic E-state index is 0.282. The summed E-state index contributed by atoms with van der Waals surface area (Å²) in [4.78, 5) is 20.0. The molecule has 0 saturated heterocycles. The highest BCUT2D eigenvalue weighted by Crippen LogP contribution is 2.10. The molecular weight excluding hydrogens is 200 g/mol. The fraction of sp³-hybridized carbons (Fsp3) is 0. The first-order valence-electron chi connectivity index (χ1n) is 3.99. The van der Waals surface area contributed by atoms with Crippen molar-refractivity contribution in [2.75, 3.05) is 0 Å². The zero-order valence-electron chi connectivity index (χ0n) is 7.62. The van der Waals surface area contributed by atoms with Crippen molar-refractivity contribution in [3.63, 3.8) is 0 Å². The maximum absolute atomic E-state index is 10.2. The van der Waals surface area contributed by atoms with E-state index in [0.29, 0.717) is 11.5 Å². The second kappa shape index (κ2) is 5.43. The van der Waals surface area contributed by atoms with Gasteiger partial charge in [-0.15, -0.1) is 0 Å². The van der Waals surface area contributed by atoms with Crippen LogP contribution >= 0.6 is 0 Å². The van der Waals surface area contributed by atoms with Crippen LogP contribution < -0.4 is 0 Å². The van der Waals surface area contributed by atoms with Crippen LogP contribution in [-0.4, -0.2) is 17.5 Å². The predicted octanol–water partition coefficient (Wildman–Crippen LogP) is 1.52. The van der Waals surface area contributed by atoms with E-state index in [-0.39, 0.29) is 6.47 Å². The molecule has 5 nitrogen and oxygen atoms in total. The van der Waals surface area contributed by atoms with Crippen LogP contribution in [-0.2, 0) is 14.3 Å². The molecule has 0 amide bonds. The summed E-state index contributed by atoms with van der Waals surface area (Å²) in [5.74, 6) is -0.183. The maximum atomic E-state index is 10.2. The summed E-state index contributed by atoms with van der Waals surface area (Å²) in [6, 6.07) is 3.21. The Kier molecular flexibility index (Phi) is 3.91. The number of furan rings is 1. The lowest BCUT2D eigenvalue weighted by atomic mass is 10.4. The quantitative estimate of drug-likeness (QED) is 0.451. The SMILES string of the molecule is O=CO/C=C/c1ccc(/C=C/C(=O)O)o1. The molecule has 0 aromatic carbocycles. The van der Waals surface area contributed by atoms with Crippen LogP contribution in [0.1, 0.15) is 11.5 Å². The van der Waals surface area contributed by atoms with Crippen LogP contribution in [0.3, 0.4) is 0 Å². The molecule has 0 aliphatic heterocycles. The summed E-state index contributed by atoms with van der Waals surface area (Å²) in [6.45, 7) is 0.282. The highest BCUT2D eigenvalue weighted by Gasteiger charge is 1.96. The highest BCUT2D eigenvalue weighted by molar-refractivity contribution is 5.84. The smallest absolute Gasteiger partial charge is 0.328 e. The lowest BCUT2D eigenvalue weighted by Crippen LogP contribution is -1.84. The Balaban J connectivity index is 2.63. The van der Waals surface area contributed by atoms with Crippen molar-refractivity contribution < 1.29 is 23.8 Å². The van der Waals surface area contributed by atoms with E-state index in [1.807, 2.05) is 0 Å². The van der Waals surface area contributed by atoms with Crippen LogP contribution in [0.4, 0.5) is 0 Å². The summed E-state index contributed by atoms with van der Waals surface area (Å²) in [5, 5.41) is 8.35. The van der Waals surface area contributed by atoms with Crippen LogP contribution in [0.5, 0.6) is 0 Å². The van der Waals surface area contributed by atoms with E-state index in [1.54, 1.807) is 12.1 Å². The summed E-state index contributed by atoms with van der Waals surface area (Å²) in [6.07, 6.45) is 4.89. The fourth-order valence-corrected chi connectivity index (χ4v) is 0.839. The molecule has 0 aliphatic rings. The van der Waals surface area contributed by atoms with Gasteiger partial charge in [0.25, 0.3) is 6.47 Å². The molecule has 0 fully saturated rings. The van der Waals surface area contributed by atoms with E-state index in [0.717, 1.165) is 12.3 Å². The van der Waals surface area contributed by atoms with Crippen LogP contribution in [0.15, 0.2) is 28.9 Å². The van der Waals surface area contributed by atoms with Gasteiger partial charge in [-0.05, 0) is 18.2 Å². The van der Waals surface area contributed by atoms with Crippen molar-refractivity contribution in [2.45, 2.75) is 0 Å². The molecule has 0 unspecified atom stereocenters. The number of hydrogen-bond acceptors (Lipinski definition) is 4. The number of rotatable bonds is 5. The fourth-order valence-electron chi connectivity index (χ4n) is 0.839. The normalized spacial score (nSPS) is 10.9. The molecule has 1 heterocycles. The Bertz CT molecular complexity index is 400. The molecule has 0 saturated carbocycles.